The standard InChI is InChI=1S/C23H22F2N6O2/c24-15-9-14(10-16(25)11-15)21-22(26-6-2-8-30-7-1-3-20(30)32)29-23(33)31(21)17-4-5-18-19(12-17)28-13-27-18/h4-5,9-13,21H,1-3,6-8H2,(H,27,28)(H,26,29,33). The number of halogens is 2. The second kappa shape index (κ2) is 8.61. The number of fused-ring (bicyclic) bond motifs is 1. The van der Waals surface area contributed by atoms with Gasteiger partial charge in [0.2, 0.25) is 5.91 Å². The molecule has 0 saturated carbocycles. The number of carbonyl (C=O) groups excluding carboxylic acids is 2. The van der Waals surface area contributed by atoms with Crippen molar-refractivity contribution >= 4 is 34.5 Å². The van der Waals surface area contributed by atoms with Gasteiger partial charge in [0.25, 0.3) is 0 Å². The van der Waals surface area contributed by atoms with Crippen LogP contribution >= 0.6 is 0 Å². The Morgan fingerprint density at radius 2 is 1.94 bits per heavy atom. The van der Waals surface area contributed by atoms with Crippen LogP contribution in [0.1, 0.15) is 30.9 Å². The molecule has 2 N–H and O–H groups in total. The number of hydrogen-bond donors (Lipinski definition) is 2. The number of imidazole rings is 1. The lowest BCUT2D eigenvalue weighted by atomic mass is 10.0. The molecule has 1 aromatic heterocycles. The molecule has 0 spiro atoms. The molecule has 2 aromatic carbocycles. The van der Waals surface area contributed by atoms with Gasteiger partial charge in [0.05, 0.1) is 17.4 Å². The molecule has 8 nitrogen and oxygen atoms in total. The minimum atomic E-state index is -0.826. The van der Waals surface area contributed by atoms with Crippen LogP contribution in [0.3, 0.4) is 0 Å². The highest BCUT2D eigenvalue weighted by atomic mass is 19.1. The average Bonchev–Trinajstić information content (AvgIpc) is 3.48. The van der Waals surface area contributed by atoms with Gasteiger partial charge in [-0.25, -0.2) is 18.6 Å². The molecule has 0 bridgehead atoms. The van der Waals surface area contributed by atoms with Crippen LogP contribution in [0.5, 0.6) is 0 Å². The van der Waals surface area contributed by atoms with E-state index in [1.54, 1.807) is 29.4 Å². The number of benzene rings is 2. The molecule has 0 radical (unpaired) electrons. The third-order valence-electron chi connectivity index (χ3n) is 5.89. The van der Waals surface area contributed by atoms with E-state index in [-0.39, 0.29) is 11.5 Å². The summed E-state index contributed by atoms with van der Waals surface area (Å²) in [7, 11) is 0. The van der Waals surface area contributed by atoms with E-state index < -0.39 is 23.7 Å². The highest BCUT2D eigenvalue weighted by Crippen LogP contribution is 2.34. The first-order valence-corrected chi connectivity index (χ1v) is 10.8. The lowest BCUT2D eigenvalue weighted by Crippen LogP contribution is -2.29. The molecule has 3 aromatic rings. The molecule has 1 unspecified atom stereocenters. The zero-order chi connectivity index (χ0) is 22.9. The van der Waals surface area contributed by atoms with Gasteiger partial charge >= 0.3 is 6.03 Å². The van der Waals surface area contributed by atoms with Crippen molar-refractivity contribution in [2.75, 3.05) is 24.5 Å². The number of likely N-dealkylation sites (tertiary alicyclic amines) is 1. The topological polar surface area (TPSA) is 93.7 Å². The maximum atomic E-state index is 14.1. The number of aromatic amines is 1. The number of aliphatic imine (C=N–C) groups is 1. The Balaban J connectivity index is 1.45. The molecule has 10 heteroatoms. The molecule has 33 heavy (non-hydrogen) atoms. The van der Waals surface area contributed by atoms with E-state index in [1.807, 2.05) is 0 Å². The van der Waals surface area contributed by atoms with Crippen molar-refractivity contribution in [3.8, 4) is 0 Å². The fourth-order valence-corrected chi connectivity index (χ4v) is 4.38. The number of amidine groups is 1. The van der Waals surface area contributed by atoms with E-state index in [4.69, 9.17) is 0 Å². The van der Waals surface area contributed by atoms with Gasteiger partial charge in [-0.15, -0.1) is 0 Å². The Labute approximate surface area is 188 Å². The summed E-state index contributed by atoms with van der Waals surface area (Å²) in [6.45, 7) is 1.70. The van der Waals surface area contributed by atoms with Crippen LogP contribution < -0.4 is 10.2 Å². The SMILES string of the molecule is O=C1CCCN1CCC/N=C1/NC(=O)N(c2ccc3[nH]cnc3c2)C1c1cc(F)cc(F)c1. The van der Waals surface area contributed by atoms with Crippen LogP contribution in [0.2, 0.25) is 0 Å². The Hall–Kier alpha value is -3.82. The molecular formula is C23H22F2N6O2. The van der Waals surface area contributed by atoms with Gasteiger partial charge in [0.15, 0.2) is 0 Å². The van der Waals surface area contributed by atoms with Crippen molar-refractivity contribution in [2.24, 2.45) is 4.99 Å². The van der Waals surface area contributed by atoms with E-state index >= 15 is 0 Å². The van der Waals surface area contributed by atoms with Crippen LogP contribution in [0.25, 0.3) is 11.0 Å². The smallest absolute Gasteiger partial charge is 0.328 e. The number of rotatable bonds is 6. The van der Waals surface area contributed by atoms with Gasteiger partial charge in [0, 0.05) is 37.8 Å². The number of H-pyrrole nitrogens is 1. The summed E-state index contributed by atoms with van der Waals surface area (Å²) in [5.41, 5.74) is 2.25. The molecule has 0 aliphatic carbocycles. The summed E-state index contributed by atoms with van der Waals surface area (Å²) in [5.74, 6) is -1.03. The maximum absolute atomic E-state index is 14.1. The van der Waals surface area contributed by atoms with Crippen molar-refractivity contribution in [2.45, 2.75) is 25.3 Å². The third kappa shape index (κ3) is 4.15. The molecule has 2 fully saturated rings. The monoisotopic (exact) mass is 452 g/mol. The van der Waals surface area contributed by atoms with Gasteiger partial charge in [-0.05, 0) is 48.7 Å². The van der Waals surface area contributed by atoms with Crippen molar-refractivity contribution in [3.05, 3.63) is 59.9 Å². The highest BCUT2D eigenvalue weighted by Gasteiger charge is 2.39. The Morgan fingerprint density at radius 3 is 2.70 bits per heavy atom. The summed E-state index contributed by atoms with van der Waals surface area (Å²) in [4.78, 5) is 39.7. The van der Waals surface area contributed by atoms with Gasteiger partial charge in [-0.3, -0.25) is 20.0 Å². The second-order valence-electron chi connectivity index (χ2n) is 8.11. The van der Waals surface area contributed by atoms with Crippen molar-refractivity contribution in [1.29, 1.82) is 0 Å². The number of hydrogen-bond acceptors (Lipinski definition) is 4. The lowest BCUT2D eigenvalue weighted by molar-refractivity contribution is -0.127. The number of nitrogens with one attached hydrogen (secondary N) is 2. The fourth-order valence-electron chi connectivity index (χ4n) is 4.38. The minimum absolute atomic E-state index is 0.143. The quantitative estimate of drug-likeness (QED) is 0.561. The number of aromatic nitrogens is 2. The van der Waals surface area contributed by atoms with E-state index in [0.29, 0.717) is 43.0 Å². The summed E-state index contributed by atoms with van der Waals surface area (Å²) in [6, 6.07) is 7.17. The zero-order valence-electron chi connectivity index (χ0n) is 17.7. The maximum Gasteiger partial charge on any atom is 0.328 e. The first-order chi connectivity index (χ1) is 16.0. The predicted octanol–water partition coefficient (Wildman–Crippen LogP) is 3.52. The van der Waals surface area contributed by atoms with Crippen molar-refractivity contribution < 1.29 is 18.4 Å². The van der Waals surface area contributed by atoms with Crippen LogP contribution in [-0.4, -0.2) is 52.3 Å². The van der Waals surface area contributed by atoms with Gasteiger partial charge < -0.3 is 9.88 Å². The lowest BCUT2D eigenvalue weighted by Gasteiger charge is -2.23. The van der Waals surface area contributed by atoms with Gasteiger partial charge in [0.1, 0.15) is 23.5 Å². The van der Waals surface area contributed by atoms with Crippen LogP contribution in [0.15, 0.2) is 47.7 Å². The Kier molecular flexibility index (Phi) is 5.49. The van der Waals surface area contributed by atoms with Crippen LogP contribution in [0, 0.1) is 11.6 Å². The molecule has 5 rings (SSSR count). The van der Waals surface area contributed by atoms with E-state index in [0.717, 1.165) is 24.5 Å². The summed E-state index contributed by atoms with van der Waals surface area (Å²) < 4.78 is 28.1. The minimum Gasteiger partial charge on any atom is -0.345 e. The average molecular weight is 452 g/mol. The number of urea groups is 1. The van der Waals surface area contributed by atoms with Gasteiger partial charge in [-0.1, -0.05) is 0 Å². The second-order valence-corrected chi connectivity index (χ2v) is 8.11. The molecule has 3 amide bonds. The highest BCUT2D eigenvalue weighted by molar-refractivity contribution is 6.17. The van der Waals surface area contributed by atoms with E-state index in [2.05, 4.69) is 20.3 Å². The number of nitrogens with zero attached hydrogens (tertiary/aromatic N) is 4. The Morgan fingerprint density at radius 1 is 1.12 bits per heavy atom. The zero-order valence-corrected chi connectivity index (χ0v) is 17.7. The fraction of sp³-hybridized carbons (Fsp3) is 0.304. The molecule has 2 aliphatic heterocycles. The normalized spacial score (nSPS) is 19.8. The molecule has 2 aliphatic rings. The number of amides is 3. The Bertz CT molecular complexity index is 1240. The van der Waals surface area contributed by atoms with Gasteiger partial charge in [-0.2, -0.15) is 0 Å². The number of carbonyl (C=O) groups is 2. The molecular weight excluding hydrogens is 430 g/mol. The first-order valence-electron chi connectivity index (χ1n) is 10.8. The molecule has 1 atom stereocenters. The van der Waals surface area contributed by atoms with Crippen molar-refractivity contribution in [3.63, 3.8) is 0 Å². The predicted molar refractivity (Wildman–Crippen MR) is 119 cm³/mol. The molecule has 3 heterocycles. The molecule has 170 valence electrons. The van der Waals surface area contributed by atoms with Crippen LogP contribution in [0.4, 0.5) is 19.3 Å². The largest absolute Gasteiger partial charge is 0.345 e. The van der Waals surface area contributed by atoms with Crippen LogP contribution in [-0.2, 0) is 4.79 Å². The summed E-state index contributed by atoms with van der Waals surface area (Å²) in [6.07, 6.45) is 3.61. The van der Waals surface area contributed by atoms with Crippen molar-refractivity contribution in [1.82, 2.24) is 20.2 Å². The number of anilines is 1. The van der Waals surface area contributed by atoms with E-state index in [1.165, 1.54) is 17.0 Å². The molecule has 2 saturated heterocycles. The third-order valence-corrected chi connectivity index (χ3v) is 5.89. The first kappa shape index (κ1) is 21.0. The van der Waals surface area contributed by atoms with E-state index in [9.17, 15) is 18.4 Å². The summed E-state index contributed by atoms with van der Waals surface area (Å²) >= 11 is 0. The summed E-state index contributed by atoms with van der Waals surface area (Å²) in [5, 5.41) is 2.75.